The fourth-order valence-electron chi connectivity index (χ4n) is 3.87. The zero-order chi connectivity index (χ0) is 23.0. The van der Waals surface area contributed by atoms with Gasteiger partial charge >= 0.3 is 5.97 Å². The van der Waals surface area contributed by atoms with E-state index in [2.05, 4.69) is 79.1 Å². The number of esters is 1. The lowest BCUT2D eigenvalue weighted by molar-refractivity contribution is -0.154. The molecule has 32 heavy (non-hydrogen) atoms. The third-order valence-corrected chi connectivity index (χ3v) is 5.80. The van der Waals surface area contributed by atoms with Crippen LogP contribution in [0.3, 0.4) is 0 Å². The molecule has 166 valence electrons. The largest absolute Gasteiger partial charge is 0.455 e. The average molecular weight is 428 g/mol. The lowest BCUT2D eigenvalue weighted by Crippen LogP contribution is -2.34. The highest BCUT2D eigenvalue weighted by molar-refractivity contribution is 5.71. The minimum atomic E-state index is -0.701. The lowest BCUT2D eigenvalue weighted by Gasteiger charge is -2.37. The summed E-state index contributed by atoms with van der Waals surface area (Å²) in [5.74, 6) is -0.234. The van der Waals surface area contributed by atoms with Crippen molar-refractivity contribution in [2.24, 2.45) is 0 Å². The van der Waals surface area contributed by atoms with E-state index in [4.69, 9.17) is 4.74 Å². The Labute approximate surface area is 192 Å². The van der Waals surface area contributed by atoms with Gasteiger partial charge in [0.15, 0.2) is 0 Å². The number of carbonyl (C=O) groups excluding carboxylic acids is 1. The van der Waals surface area contributed by atoms with E-state index in [1.165, 1.54) is 11.1 Å². The molecule has 3 aromatic rings. The van der Waals surface area contributed by atoms with Crippen molar-refractivity contribution in [1.29, 1.82) is 0 Å². The maximum Gasteiger partial charge on any atom is 0.308 e. The Morgan fingerprint density at radius 2 is 1.41 bits per heavy atom. The zero-order valence-corrected chi connectivity index (χ0v) is 19.3. The first-order valence-electron chi connectivity index (χ1n) is 11.1. The molecule has 0 aliphatic carbocycles. The van der Waals surface area contributed by atoms with Crippen LogP contribution in [0, 0.1) is 0 Å². The van der Waals surface area contributed by atoms with Gasteiger partial charge in [0.25, 0.3) is 0 Å². The molecule has 0 saturated carbocycles. The number of hydrogen-bond acceptors (Lipinski definition) is 3. The van der Waals surface area contributed by atoms with Crippen LogP contribution in [0.1, 0.15) is 56.0 Å². The molecule has 0 saturated heterocycles. The van der Waals surface area contributed by atoms with E-state index in [0.29, 0.717) is 6.54 Å². The number of ether oxygens (including phenoxy) is 1. The summed E-state index contributed by atoms with van der Waals surface area (Å²) >= 11 is 0. The molecule has 3 heteroatoms. The van der Waals surface area contributed by atoms with Crippen molar-refractivity contribution in [3.05, 3.63) is 120 Å². The van der Waals surface area contributed by atoms with Crippen molar-refractivity contribution in [2.45, 2.75) is 51.4 Å². The van der Waals surface area contributed by atoms with Crippen LogP contribution < -0.4 is 0 Å². The van der Waals surface area contributed by atoms with Crippen LogP contribution in [0.2, 0.25) is 0 Å². The van der Waals surface area contributed by atoms with Gasteiger partial charge in [-0.2, -0.15) is 0 Å². The lowest BCUT2D eigenvalue weighted by atomic mass is 9.96. The summed E-state index contributed by atoms with van der Waals surface area (Å²) in [6.45, 7) is 10.4. The molecule has 3 aromatic carbocycles. The molecule has 0 heterocycles. The fourth-order valence-corrected chi connectivity index (χ4v) is 3.87. The number of benzene rings is 3. The summed E-state index contributed by atoms with van der Waals surface area (Å²) in [6.07, 6.45) is 1.92. The topological polar surface area (TPSA) is 29.5 Å². The fraction of sp³-hybridized carbons (Fsp3) is 0.276. The summed E-state index contributed by atoms with van der Waals surface area (Å²) in [7, 11) is 0. The molecule has 0 amide bonds. The minimum absolute atomic E-state index is 0.0989. The second-order valence-corrected chi connectivity index (χ2v) is 8.66. The number of hydrogen-bond donors (Lipinski definition) is 0. The summed E-state index contributed by atoms with van der Waals surface area (Å²) in [6, 6.07) is 31.0. The minimum Gasteiger partial charge on any atom is -0.455 e. The molecule has 0 bridgehead atoms. The smallest absolute Gasteiger partial charge is 0.308 e. The van der Waals surface area contributed by atoms with Crippen LogP contribution in [-0.2, 0) is 16.1 Å². The number of nitrogens with zero attached hydrogens (tertiary/aromatic N) is 1. The van der Waals surface area contributed by atoms with E-state index < -0.39 is 5.60 Å². The summed E-state index contributed by atoms with van der Waals surface area (Å²) < 4.78 is 5.74. The van der Waals surface area contributed by atoms with E-state index >= 15 is 0 Å². The van der Waals surface area contributed by atoms with Crippen molar-refractivity contribution in [3.8, 4) is 0 Å². The normalized spacial score (nSPS) is 13.4. The molecule has 2 atom stereocenters. The number of rotatable bonds is 10. The van der Waals surface area contributed by atoms with Gasteiger partial charge in [-0.3, -0.25) is 9.69 Å². The predicted molar refractivity (Wildman–Crippen MR) is 131 cm³/mol. The molecular formula is C29H33NO2. The molecule has 0 spiro atoms. The maximum atomic E-state index is 13.0. The zero-order valence-electron chi connectivity index (χ0n) is 19.3. The van der Waals surface area contributed by atoms with Gasteiger partial charge < -0.3 is 4.74 Å². The van der Waals surface area contributed by atoms with Gasteiger partial charge in [-0.1, -0.05) is 97.6 Å². The Balaban J connectivity index is 1.99. The third-order valence-electron chi connectivity index (χ3n) is 5.80. The second kappa shape index (κ2) is 10.9. The molecule has 0 N–H and O–H groups in total. The summed E-state index contributed by atoms with van der Waals surface area (Å²) in [5, 5.41) is 0. The van der Waals surface area contributed by atoms with Gasteiger partial charge in [0.2, 0.25) is 0 Å². The van der Waals surface area contributed by atoms with Crippen molar-refractivity contribution in [2.75, 3.05) is 0 Å². The Kier molecular flexibility index (Phi) is 8.02. The maximum absolute atomic E-state index is 13.0. The van der Waals surface area contributed by atoms with E-state index in [9.17, 15) is 4.79 Å². The first-order chi connectivity index (χ1) is 15.4. The van der Waals surface area contributed by atoms with Crippen LogP contribution in [-0.4, -0.2) is 16.5 Å². The van der Waals surface area contributed by atoms with Crippen LogP contribution >= 0.6 is 0 Å². The highest BCUT2D eigenvalue weighted by Crippen LogP contribution is 2.35. The van der Waals surface area contributed by atoms with Crippen LogP contribution in [0.25, 0.3) is 0 Å². The van der Waals surface area contributed by atoms with Crippen molar-refractivity contribution in [1.82, 2.24) is 4.90 Å². The molecule has 0 unspecified atom stereocenters. The van der Waals surface area contributed by atoms with Gasteiger partial charge in [-0.05, 0) is 43.5 Å². The van der Waals surface area contributed by atoms with Crippen molar-refractivity contribution in [3.63, 3.8) is 0 Å². The van der Waals surface area contributed by atoms with Crippen LogP contribution in [0.5, 0.6) is 0 Å². The molecule has 0 aliphatic heterocycles. The summed E-state index contributed by atoms with van der Waals surface area (Å²) in [5.41, 5.74) is 2.81. The van der Waals surface area contributed by atoms with E-state index in [1.807, 2.05) is 44.2 Å². The van der Waals surface area contributed by atoms with Gasteiger partial charge in [0.05, 0.1) is 6.42 Å². The Morgan fingerprint density at radius 1 is 0.906 bits per heavy atom. The Hall–Kier alpha value is -3.17. The SMILES string of the molecule is C=CC(C)(C)OC(=O)C[C@H](c1ccccc1)N(Cc1ccccc1)[C@@H](C)c1ccccc1. The molecule has 0 aromatic heterocycles. The molecule has 3 rings (SSSR count). The Morgan fingerprint density at radius 3 is 1.94 bits per heavy atom. The molecule has 0 fully saturated rings. The molecule has 0 aliphatic rings. The van der Waals surface area contributed by atoms with Gasteiger partial charge in [-0.25, -0.2) is 0 Å². The quantitative estimate of drug-likeness (QED) is 0.261. The monoisotopic (exact) mass is 427 g/mol. The van der Waals surface area contributed by atoms with Gasteiger partial charge in [0.1, 0.15) is 5.60 Å². The van der Waals surface area contributed by atoms with Crippen LogP contribution in [0.4, 0.5) is 0 Å². The predicted octanol–water partition coefficient (Wildman–Crippen LogP) is 6.89. The third kappa shape index (κ3) is 6.41. The standard InChI is InChI=1S/C29H33NO2/c1-5-29(3,4)32-28(31)21-27(26-19-13-8-14-20-26)30(22-24-15-9-6-10-16-24)23(2)25-17-11-7-12-18-25/h5-20,23,27H,1,21-22H2,2-4H3/t23-,27+/m0/s1. The second-order valence-electron chi connectivity index (χ2n) is 8.66. The Bertz CT molecular complexity index is 983. The van der Waals surface area contributed by atoms with E-state index in [0.717, 1.165) is 5.56 Å². The van der Waals surface area contributed by atoms with Crippen LogP contribution in [0.15, 0.2) is 104 Å². The van der Waals surface area contributed by atoms with Crippen molar-refractivity contribution >= 4 is 5.97 Å². The van der Waals surface area contributed by atoms with Gasteiger partial charge in [0, 0.05) is 18.6 Å². The summed E-state index contributed by atoms with van der Waals surface area (Å²) in [4.78, 5) is 15.4. The van der Waals surface area contributed by atoms with Gasteiger partial charge in [-0.15, -0.1) is 0 Å². The molecule has 0 radical (unpaired) electrons. The van der Waals surface area contributed by atoms with E-state index in [-0.39, 0.29) is 24.5 Å². The highest BCUT2D eigenvalue weighted by Gasteiger charge is 2.30. The number of carbonyl (C=O) groups is 1. The average Bonchev–Trinajstić information content (AvgIpc) is 2.82. The van der Waals surface area contributed by atoms with Crippen molar-refractivity contribution < 1.29 is 9.53 Å². The molecule has 3 nitrogen and oxygen atoms in total. The first-order valence-corrected chi connectivity index (χ1v) is 11.1. The molecular weight excluding hydrogens is 394 g/mol. The van der Waals surface area contributed by atoms with E-state index in [1.54, 1.807) is 6.08 Å². The highest BCUT2D eigenvalue weighted by atomic mass is 16.6. The first kappa shape index (κ1) is 23.5.